The molecule has 0 aliphatic carbocycles. The van der Waals surface area contributed by atoms with Crippen molar-refractivity contribution in [3.63, 3.8) is 0 Å². The summed E-state index contributed by atoms with van der Waals surface area (Å²) in [4.78, 5) is 39.4. The van der Waals surface area contributed by atoms with Crippen molar-refractivity contribution >= 4 is 51.0 Å². The Labute approximate surface area is 215 Å². The monoisotopic (exact) mass is 555 g/mol. The lowest BCUT2D eigenvalue weighted by molar-refractivity contribution is -0.151. The number of piperazine rings is 1. The minimum absolute atomic E-state index is 0.0788. The molecule has 1 aromatic carbocycles. The van der Waals surface area contributed by atoms with Gasteiger partial charge in [0.15, 0.2) is 5.11 Å². The molecular formula is C24H34BrN3O5S. The van der Waals surface area contributed by atoms with Crippen molar-refractivity contribution in [3.05, 3.63) is 28.2 Å². The number of ether oxygens (including phenoxy) is 2. The predicted molar refractivity (Wildman–Crippen MR) is 138 cm³/mol. The second-order valence-electron chi connectivity index (χ2n) is 8.22. The third-order valence-electron chi connectivity index (χ3n) is 5.52. The quantitative estimate of drug-likeness (QED) is 0.242. The molecule has 34 heavy (non-hydrogen) atoms. The van der Waals surface area contributed by atoms with Crippen molar-refractivity contribution in [2.45, 2.75) is 71.4 Å². The van der Waals surface area contributed by atoms with Crippen LogP contribution in [0.4, 0.5) is 0 Å². The molecule has 0 radical (unpaired) electrons. The van der Waals surface area contributed by atoms with Crippen LogP contribution in [0, 0.1) is 0 Å². The molecule has 1 aliphatic heterocycles. The van der Waals surface area contributed by atoms with Crippen LogP contribution >= 0.6 is 28.1 Å². The van der Waals surface area contributed by atoms with Gasteiger partial charge in [0, 0.05) is 17.6 Å². The van der Waals surface area contributed by atoms with Crippen LogP contribution < -0.4 is 15.4 Å². The van der Waals surface area contributed by atoms with Crippen molar-refractivity contribution < 1.29 is 23.9 Å². The summed E-state index contributed by atoms with van der Waals surface area (Å²) in [6.07, 6.45) is 4.52. The molecular weight excluding hydrogens is 522 g/mol. The zero-order valence-electron chi connectivity index (χ0n) is 20.0. The van der Waals surface area contributed by atoms with Crippen LogP contribution in [-0.4, -0.2) is 59.6 Å². The molecule has 0 saturated carbocycles. The van der Waals surface area contributed by atoms with Crippen LogP contribution in [0.15, 0.2) is 22.7 Å². The summed E-state index contributed by atoms with van der Waals surface area (Å²) < 4.78 is 11.9. The number of unbranched alkanes of at least 4 members (excludes halogenated alkanes) is 3. The summed E-state index contributed by atoms with van der Waals surface area (Å²) in [7, 11) is 0. The van der Waals surface area contributed by atoms with Crippen LogP contribution in [0.3, 0.4) is 0 Å². The first-order chi connectivity index (χ1) is 16.3. The Hall–Kier alpha value is -2.20. The van der Waals surface area contributed by atoms with Gasteiger partial charge in [-0.2, -0.15) is 0 Å². The number of carbonyl (C=O) groups is 3. The normalized spacial score (nSPS) is 16.4. The highest BCUT2D eigenvalue weighted by Crippen LogP contribution is 2.24. The van der Waals surface area contributed by atoms with E-state index in [1.54, 1.807) is 24.0 Å². The minimum atomic E-state index is -0.852. The number of hydrogen-bond donors (Lipinski definition) is 2. The Morgan fingerprint density at radius 1 is 1.29 bits per heavy atom. The van der Waals surface area contributed by atoms with Gasteiger partial charge in [0.05, 0.1) is 24.7 Å². The predicted octanol–water partition coefficient (Wildman–Crippen LogP) is 3.96. The van der Waals surface area contributed by atoms with Crippen LogP contribution in [0.1, 0.15) is 69.7 Å². The molecule has 2 rings (SSSR count). The maximum atomic E-state index is 13.1. The van der Waals surface area contributed by atoms with E-state index in [9.17, 15) is 14.4 Å². The van der Waals surface area contributed by atoms with E-state index in [0.717, 1.165) is 30.2 Å². The van der Waals surface area contributed by atoms with E-state index in [1.807, 2.05) is 13.0 Å². The van der Waals surface area contributed by atoms with E-state index in [1.165, 1.54) is 0 Å². The molecule has 1 heterocycles. The summed E-state index contributed by atoms with van der Waals surface area (Å²) in [5.41, 5.74) is 0.335. The van der Waals surface area contributed by atoms with E-state index < -0.39 is 17.9 Å². The average Bonchev–Trinajstić information content (AvgIpc) is 2.80. The summed E-state index contributed by atoms with van der Waals surface area (Å²) in [5.74, 6) is -0.796. The summed E-state index contributed by atoms with van der Waals surface area (Å²) >= 11 is 8.86. The summed E-state index contributed by atoms with van der Waals surface area (Å²) in [6, 6.07) is 4.37. The number of rotatable bonds is 11. The fraction of sp³-hybridized carbons (Fsp3) is 0.583. The SMILES string of the molecule is CCCCCCOc1ccc(Br)cc1C(=O)NC(=S)N1CCNC(=O)C1CC(=O)OC(C)CC. The zero-order valence-corrected chi connectivity index (χ0v) is 22.4. The van der Waals surface area contributed by atoms with E-state index >= 15 is 0 Å². The van der Waals surface area contributed by atoms with E-state index in [-0.39, 0.29) is 23.5 Å². The van der Waals surface area contributed by atoms with Gasteiger partial charge in [-0.25, -0.2) is 0 Å². The van der Waals surface area contributed by atoms with Crippen molar-refractivity contribution in [2.75, 3.05) is 19.7 Å². The standard InChI is InChI=1S/C24H34BrN3O5S/c1-4-6-7-8-13-32-20-10-9-17(25)14-18(20)22(30)27-24(34)28-12-11-26-23(31)19(28)15-21(29)33-16(3)5-2/h9-10,14,16,19H,4-8,11-13,15H2,1-3H3,(H,26,31)(H,27,30,34). The number of carbonyl (C=O) groups excluding carboxylic acids is 3. The Kier molecular flexibility index (Phi) is 11.8. The van der Waals surface area contributed by atoms with Crippen molar-refractivity contribution in [1.82, 2.24) is 15.5 Å². The highest BCUT2D eigenvalue weighted by molar-refractivity contribution is 9.10. The summed E-state index contributed by atoms with van der Waals surface area (Å²) in [6.45, 7) is 7.08. The fourth-order valence-corrected chi connectivity index (χ4v) is 4.10. The number of thiocarbonyl (C=S) groups is 1. The molecule has 188 valence electrons. The van der Waals surface area contributed by atoms with Gasteiger partial charge in [-0.05, 0) is 50.2 Å². The number of hydrogen-bond acceptors (Lipinski definition) is 6. The van der Waals surface area contributed by atoms with Gasteiger partial charge in [-0.3, -0.25) is 19.7 Å². The van der Waals surface area contributed by atoms with Crippen LogP contribution in [0.5, 0.6) is 5.75 Å². The molecule has 2 atom stereocenters. The minimum Gasteiger partial charge on any atom is -0.493 e. The smallest absolute Gasteiger partial charge is 0.308 e. The van der Waals surface area contributed by atoms with Gasteiger partial charge in [0.25, 0.3) is 5.91 Å². The molecule has 1 aromatic rings. The van der Waals surface area contributed by atoms with Crippen molar-refractivity contribution in [3.8, 4) is 5.75 Å². The molecule has 0 spiro atoms. The second-order valence-corrected chi connectivity index (χ2v) is 9.52. The molecule has 2 unspecified atom stereocenters. The molecule has 2 N–H and O–H groups in total. The fourth-order valence-electron chi connectivity index (χ4n) is 3.43. The molecule has 1 saturated heterocycles. The van der Waals surface area contributed by atoms with Crippen LogP contribution in [0.2, 0.25) is 0 Å². The average molecular weight is 557 g/mol. The number of esters is 1. The van der Waals surface area contributed by atoms with Gasteiger partial charge in [0.2, 0.25) is 5.91 Å². The molecule has 0 bridgehead atoms. The number of nitrogens with one attached hydrogen (secondary N) is 2. The largest absolute Gasteiger partial charge is 0.493 e. The maximum absolute atomic E-state index is 13.1. The lowest BCUT2D eigenvalue weighted by atomic mass is 10.1. The molecule has 1 aliphatic rings. The Morgan fingerprint density at radius 3 is 2.76 bits per heavy atom. The second kappa shape index (κ2) is 14.3. The number of amides is 2. The van der Waals surface area contributed by atoms with E-state index in [2.05, 4.69) is 33.5 Å². The van der Waals surface area contributed by atoms with Crippen molar-refractivity contribution in [2.24, 2.45) is 0 Å². The van der Waals surface area contributed by atoms with Gasteiger partial charge in [-0.1, -0.05) is 49.0 Å². The topological polar surface area (TPSA) is 97.0 Å². The first kappa shape index (κ1) is 28.0. The lowest BCUT2D eigenvalue weighted by Gasteiger charge is -2.36. The Bertz CT molecular complexity index is 882. The number of halogens is 1. The van der Waals surface area contributed by atoms with Gasteiger partial charge >= 0.3 is 5.97 Å². The first-order valence-electron chi connectivity index (χ1n) is 11.8. The highest BCUT2D eigenvalue weighted by atomic mass is 79.9. The van der Waals surface area contributed by atoms with Crippen LogP contribution in [0.25, 0.3) is 0 Å². The lowest BCUT2D eigenvalue weighted by Crippen LogP contribution is -2.60. The third kappa shape index (κ3) is 8.54. The van der Waals surface area contributed by atoms with Crippen LogP contribution in [-0.2, 0) is 14.3 Å². The molecule has 8 nitrogen and oxygen atoms in total. The summed E-state index contributed by atoms with van der Waals surface area (Å²) in [5, 5.41) is 5.53. The Balaban J connectivity index is 2.07. The van der Waals surface area contributed by atoms with Gasteiger partial charge in [-0.15, -0.1) is 0 Å². The number of benzene rings is 1. The number of nitrogens with zero attached hydrogens (tertiary/aromatic N) is 1. The third-order valence-corrected chi connectivity index (χ3v) is 6.35. The Morgan fingerprint density at radius 2 is 2.06 bits per heavy atom. The van der Waals surface area contributed by atoms with Crippen molar-refractivity contribution in [1.29, 1.82) is 0 Å². The molecule has 0 aromatic heterocycles. The van der Waals surface area contributed by atoms with E-state index in [4.69, 9.17) is 21.7 Å². The molecule has 1 fully saturated rings. The van der Waals surface area contributed by atoms with Gasteiger partial charge in [0.1, 0.15) is 11.8 Å². The van der Waals surface area contributed by atoms with E-state index in [0.29, 0.717) is 37.4 Å². The first-order valence-corrected chi connectivity index (χ1v) is 13.0. The van der Waals surface area contributed by atoms with Gasteiger partial charge < -0.3 is 19.7 Å². The zero-order chi connectivity index (χ0) is 25.1. The highest BCUT2D eigenvalue weighted by Gasteiger charge is 2.34. The molecule has 10 heteroatoms. The molecule has 2 amide bonds. The maximum Gasteiger partial charge on any atom is 0.308 e.